The summed E-state index contributed by atoms with van der Waals surface area (Å²) in [6.45, 7) is 9.61. The van der Waals surface area contributed by atoms with Crippen LogP contribution < -0.4 is 9.80 Å². The van der Waals surface area contributed by atoms with E-state index < -0.39 is 0 Å². The van der Waals surface area contributed by atoms with E-state index in [4.69, 9.17) is 15.0 Å². The van der Waals surface area contributed by atoms with Gasteiger partial charge in [0.25, 0.3) is 6.20 Å². The second-order valence-electron chi connectivity index (χ2n) is 5.43. The van der Waals surface area contributed by atoms with Gasteiger partial charge in [0.15, 0.2) is 0 Å². The topological polar surface area (TPSA) is 66.2 Å². The number of nitrogens with one attached hydrogen (secondary N) is 1. The highest BCUT2D eigenvalue weighted by Crippen LogP contribution is 2.25. The van der Waals surface area contributed by atoms with Crippen molar-refractivity contribution in [3.63, 3.8) is 0 Å². The summed E-state index contributed by atoms with van der Waals surface area (Å²) in [7, 11) is 0. The lowest BCUT2D eigenvalue weighted by Crippen LogP contribution is -2.71. The summed E-state index contributed by atoms with van der Waals surface area (Å²) in [6.07, 6.45) is 1.55. The highest BCUT2D eigenvalue weighted by atomic mass is 35.5. The molecular weight excluding hydrogens is 244 g/mol. The SMILES string of the molecule is CC1(C)CN([n+]2cc([NH-])on2)CC(C)(C)O1.Cl. The maximum atomic E-state index is 7.32. The molecule has 0 bridgehead atoms. The fraction of sp³-hybridized carbons (Fsp3) is 0.800. The van der Waals surface area contributed by atoms with Crippen molar-refractivity contribution in [3.8, 4) is 0 Å². The Balaban J connectivity index is 0.00000144. The zero-order chi connectivity index (χ0) is 12.0. The van der Waals surface area contributed by atoms with Crippen LogP contribution in [0.15, 0.2) is 10.7 Å². The Labute approximate surface area is 107 Å². The minimum Gasteiger partial charge on any atom is -0.660 e. The van der Waals surface area contributed by atoms with Gasteiger partial charge in [0.1, 0.15) is 19.0 Å². The van der Waals surface area contributed by atoms with Crippen LogP contribution in [0.1, 0.15) is 27.7 Å². The van der Waals surface area contributed by atoms with E-state index in [0.717, 1.165) is 0 Å². The van der Waals surface area contributed by atoms with Gasteiger partial charge < -0.3 is 15.0 Å². The fourth-order valence-electron chi connectivity index (χ4n) is 2.26. The van der Waals surface area contributed by atoms with Crippen LogP contribution in [0.25, 0.3) is 5.73 Å². The summed E-state index contributed by atoms with van der Waals surface area (Å²) in [5, 5.41) is 5.81. The molecule has 1 aromatic rings. The summed E-state index contributed by atoms with van der Waals surface area (Å²) >= 11 is 0. The molecule has 1 aromatic heterocycles. The minimum atomic E-state index is -0.240. The Bertz CT molecular complexity index is 375. The van der Waals surface area contributed by atoms with Crippen molar-refractivity contribution < 1.29 is 14.1 Å². The Morgan fingerprint density at radius 2 is 1.82 bits per heavy atom. The van der Waals surface area contributed by atoms with Crippen molar-refractivity contribution >= 4 is 18.3 Å². The Morgan fingerprint density at radius 1 is 1.29 bits per heavy atom. The molecule has 17 heavy (non-hydrogen) atoms. The normalized spacial score (nSPS) is 22.0. The van der Waals surface area contributed by atoms with E-state index in [1.807, 2.05) is 32.7 Å². The quantitative estimate of drug-likeness (QED) is 0.721. The van der Waals surface area contributed by atoms with Gasteiger partial charge in [-0.2, -0.15) is 0 Å². The van der Waals surface area contributed by atoms with E-state index in [1.54, 1.807) is 11.0 Å². The largest absolute Gasteiger partial charge is 0.660 e. The molecule has 0 atom stereocenters. The van der Waals surface area contributed by atoms with Crippen LogP contribution in [0, 0.1) is 0 Å². The first-order valence-corrected chi connectivity index (χ1v) is 5.33. The Hall–Kier alpha value is -1.01. The molecule has 1 fully saturated rings. The third-order valence-corrected chi connectivity index (χ3v) is 2.42. The standard InChI is InChI=1S/C10H18N4O2.ClH/c1-9(2)6-13(7-10(3,4)16-9)14-5-8(11)15-12-14;/h5,11H,6-7H2,1-4H3;1H. The molecule has 0 unspecified atom stereocenters. The van der Waals surface area contributed by atoms with Gasteiger partial charge in [-0.1, -0.05) is 0 Å². The minimum absolute atomic E-state index is 0. The molecule has 7 heteroatoms. The van der Waals surface area contributed by atoms with Crippen molar-refractivity contribution in [1.82, 2.24) is 5.27 Å². The van der Waals surface area contributed by atoms with Gasteiger partial charge in [0, 0.05) is 0 Å². The second kappa shape index (κ2) is 4.34. The zero-order valence-corrected chi connectivity index (χ0v) is 11.4. The smallest absolute Gasteiger partial charge is 0.256 e. The lowest BCUT2D eigenvalue weighted by atomic mass is 10.0. The van der Waals surface area contributed by atoms with Gasteiger partial charge in [-0.3, -0.25) is 0 Å². The molecule has 2 rings (SSSR count). The average Bonchev–Trinajstić information content (AvgIpc) is 2.45. The number of aromatic nitrogens is 2. The summed E-state index contributed by atoms with van der Waals surface area (Å²) in [5.41, 5.74) is 6.84. The van der Waals surface area contributed by atoms with Gasteiger partial charge in [-0.15, -0.1) is 17.4 Å². The Morgan fingerprint density at radius 3 is 2.24 bits per heavy atom. The lowest BCUT2D eigenvalue weighted by Gasteiger charge is -2.43. The average molecular weight is 263 g/mol. The van der Waals surface area contributed by atoms with E-state index in [9.17, 15) is 0 Å². The predicted molar refractivity (Wildman–Crippen MR) is 65.1 cm³/mol. The molecule has 1 N–H and O–H groups in total. The molecule has 1 saturated heterocycles. The molecule has 0 radical (unpaired) electrons. The van der Waals surface area contributed by atoms with Crippen LogP contribution in [-0.2, 0) is 4.74 Å². The number of hydrogen-bond acceptors (Lipinski definition) is 4. The van der Waals surface area contributed by atoms with E-state index in [-0.39, 0.29) is 29.5 Å². The van der Waals surface area contributed by atoms with E-state index in [2.05, 4.69) is 5.27 Å². The van der Waals surface area contributed by atoms with Crippen LogP contribution in [0.3, 0.4) is 0 Å². The van der Waals surface area contributed by atoms with Crippen molar-refractivity contribution in [3.05, 3.63) is 11.9 Å². The number of halogens is 1. The summed E-state index contributed by atoms with van der Waals surface area (Å²) in [4.78, 5) is 1.58. The molecular formula is C10H19ClN4O2. The first-order chi connectivity index (χ1) is 7.27. The van der Waals surface area contributed by atoms with E-state index in [1.165, 1.54) is 0 Å². The van der Waals surface area contributed by atoms with Gasteiger partial charge >= 0.3 is 0 Å². The monoisotopic (exact) mass is 262 g/mol. The molecule has 0 aliphatic carbocycles. The Kier molecular flexibility index (Phi) is 3.59. The van der Waals surface area contributed by atoms with Crippen molar-refractivity contribution in [2.45, 2.75) is 38.9 Å². The first-order valence-electron chi connectivity index (χ1n) is 5.33. The molecule has 0 saturated carbocycles. The maximum absolute atomic E-state index is 7.32. The van der Waals surface area contributed by atoms with E-state index >= 15 is 0 Å². The van der Waals surface area contributed by atoms with Crippen LogP contribution >= 0.6 is 12.4 Å². The summed E-state index contributed by atoms with van der Waals surface area (Å²) in [6, 6.07) is 0. The summed E-state index contributed by atoms with van der Waals surface area (Å²) < 4.78 is 10.7. The molecule has 2 heterocycles. The summed E-state index contributed by atoms with van der Waals surface area (Å²) in [5.74, 6) is 0.0575. The number of morpholine rings is 1. The molecule has 1 aliphatic heterocycles. The van der Waals surface area contributed by atoms with Gasteiger partial charge in [-0.25, -0.2) is 0 Å². The van der Waals surface area contributed by atoms with Crippen LogP contribution in [0.4, 0.5) is 5.88 Å². The zero-order valence-electron chi connectivity index (χ0n) is 10.6. The van der Waals surface area contributed by atoms with Crippen molar-refractivity contribution in [1.29, 1.82) is 0 Å². The fourth-order valence-corrected chi connectivity index (χ4v) is 2.26. The van der Waals surface area contributed by atoms with Gasteiger partial charge in [0.05, 0.1) is 16.0 Å². The third kappa shape index (κ3) is 3.23. The maximum Gasteiger partial charge on any atom is 0.256 e. The van der Waals surface area contributed by atoms with Crippen molar-refractivity contribution in [2.75, 3.05) is 18.1 Å². The molecule has 0 aromatic carbocycles. The van der Waals surface area contributed by atoms with Gasteiger partial charge in [0.2, 0.25) is 5.27 Å². The van der Waals surface area contributed by atoms with Crippen LogP contribution in [0.2, 0.25) is 0 Å². The number of nitrogens with zero attached hydrogens (tertiary/aromatic N) is 3. The second-order valence-corrected chi connectivity index (χ2v) is 5.43. The first kappa shape index (κ1) is 14.1. The predicted octanol–water partition coefficient (Wildman–Crippen LogP) is 1.59. The lowest BCUT2D eigenvalue weighted by molar-refractivity contribution is -0.762. The molecule has 0 amide bonds. The van der Waals surface area contributed by atoms with Crippen molar-refractivity contribution in [2.24, 2.45) is 0 Å². The highest BCUT2D eigenvalue weighted by molar-refractivity contribution is 5.85. The molecule has 0 spiro atoms. The van der Waals surface area contributed by atoms with Crippen LogP contribution in [-0.4, -0.2) is 29.6 Å². The number of hydrogen-bond donors (Lipinski definition) is 0. The molecule has 1 aliphatic rings. The van der Waals surface area contributed by atoms with E-state index in [0.29, 0.717) is 13.1 Å². The number of rotatable bonds is 1. The molecule has 98 valence electrons. The van der Waals surface area contributed by atoms with Crippen LogP contribution in [0.5, 0.6) is 0 Å². The third-order valence-electron chi connectivity index (χ3n) is 2.42. The highest BCUT2D eigenvalue weighted by Gasteiger charge is 2.42. The number of ether oxygens (including phenoxy) is 1. The van der Waals surface area contributed by atoms with Gasteiger partial charge in [-0.05, 0) is 27.7 Å². The molecule has 6 nitrogen and oxygen atoms in total.